The molecule has 0 aliphatic heterocycles. The molecule has 2 aromatic rings. The molecule has 0 spiro atoms. The molecule has 25 heavy (non-hydrogen) atoms. The van der Waals surface area contributed by atoms with Crippen LogP contribution in [-0.2, 0) is 22.4 Å². The predicted octanol–water partition coefficient (Wildman–Crippen LogP) is 3.52. The van der Waals surface area contributed by atoms with Gasteiger partial charge in [0.25, 0.3) is 5.91 Å². The molecule has 6 heteroatoms. The lowest BCUT2D eigenvalue weighted by Crippen LogP contribution is -2.21. The van der Waals surface area contributed by atoms with Gasteiger partial charge in [-0.2, -0.15) is 5.26 Å². The van der Waals surface area contributed by atoms with E-state index in [1.54, 1.807) is 12.1 Å². The van der Waals surface area contributed by atoms with Gasteiger partial charge in [-0.15, -0.1) is 11.3 Å². The Bertz CT molecular complexity index is 893. The number of carbonyl (C=O) groups is 2. The third-order valence-corrected chi connectivity index (χ3v) is 5.65. The molecule has 1 aliphatic carbocycles. The summed E-state index contributed by atoms with van der Waals surface area (Å²) in [7, 11) is 0. The lowest BCUT2D eigenvalue weighted by molar-refractivity contribution is -0.119. The number of nitriles is 1. The van der Waals surface area contributed by atoms with E-state index >= 15 is 0 Å². The predicted molar refractivity (Wildman–Crippen MR) is 95.9 cm³/mol. The highest BCUT2D eigenvalue weighted by Gasteiger charge is 2.23. The Morgan fingerprint density at radius 3 is 2.88 bits per heavy atom. The van der Waals surface area contributed by atoms with E-state index in [4.69, 9.17) is 4.74 Å². The van der Waals surface area contributed by atoms with Crippen molar-refractivity contribution in [3.05, 3.63) is 50.9 Å². The number of fused-ring (bicyclic) bond motifs is 1. The number of esters is 1. The zero-order chi connectivity index (χ0) is 18.0. The number of rotatable bonds is 4. The maximum atomic E-state index is 12.2. The van der Waals surface area contributed by atoms with E-state index in [0.717, 1.165) is 36.0 Å². The van der Waals surface area contributed by atoms with Crippen molar-refractivity contribution < 1.29 is 14.3 Å². The molecule has 1 amide bonds. The van der Waals surface area contributed by atoms with Crippen LogP contribution in [0.1, 0.15) is 43.9 Å². The minimum Gasteiger partial charge on any atom is -0.452 e. The summed E-state index contributed by atoms with van der Waals surface area (Å²) in [5.41, 5.74) is 3.89. The molecule has 3 rings (SSSR count). The Kier molecular flexibility index (Phi) is 4.86. The van der Waals surface area contributed by atoms with Crippen molar-refractivity contribution in [1.82, 2.24) is 0 Å². The quantitative estimate of drug-likeness (QED) is 0.852. The van der Waals surface area contributed by atoms with E-state index in [9.17, 15) is 14.9 Å². The molecular formula is C19H18N2O3S. The van der Waals surface area contributed by atoms with Crippen molar-refractivity contribution in [3.8, 4) is 6.07 Å². The van der Waals surface area contributed by atoms with Gasteiger partial charge in [-0.1, -0.05) is 12.1 Å². The molecule has 1 heterocycles. The fourth-order valence-corrected chi connectivity index (χ4v) is 4.21. The van der Waals surface area contributed by atoms with Crippen LogP contribution in [0.15, 0.2) is 18.2 Å². The van der Waals surface area contributed by atoms with Crippen molar-refractivity contribution in [3.63, 3.8) is 0 Å². The smallest absolute Gasteiger partial charge is 0.338 e. The van der Waals surface area contributed by atoms with Crippen molar-refractivity contribution in [2.24, 2.45) is 0 Å². The lowest BCUT2D eigenvalue weighted by Gasteiger charge is -2.09. The topological polar surface area (TPSA) is 79.2 Å². The zero-order valence-corrected chi connectivity index (χ0v) is 15.0. The number of aryl methyl sites for hydroxylation is 2. The molecule has 1 aromatic carbocycles. The van der Waals surface area contributed by atoms with Crippen LogP contribution in [-0.4, -0.2) is 18.5 Å². The third kappa shape index (κ3) is 3.42. The van der Waals surface area contributed by atoms with Crippen molar-refractivity contribution in [2.45, 2.75) is 33.1 Å². The second kappa shape index (κ2) is 7.08. The molecule has 0 fully saturated rings. The normalized spacial score (nSPS) is 12.4. The number of nitrogens with zero attached hydrogens (tertiary/aromatic N) is 1. The van der Waals surface area contributed by atoms with E-state index in [2.05, 4.69) is 11.4 Å². The van der Waals surface area contributed by atoms with Gasteiger partial charge in [0.05, 0.1) is 11.1 Å². The highest BCUT2D eigenvalue weighted by atomic mass is 32.1. The van der Waals surface area contributed by atoms with Crippen molar-refractivity contribution in [1.29, 1.82) is 5.26 Å². The second-order valence-electron chi connectivity index (χ2n) is 6.05. The van der Waals surface area contributed by atoms with Gasteiger partial charge in [-0.25, -0.2) is 4.79 Å². The Morgan fingerprint density at radius 1 is 1.32 bits per heavy atom. The van der Waals surface area contributed by atoms with Crippen LogP contribution < -0.4 is 5.32 Å². The number of hydrogen-bond acceptors (Lipinski definition) is 5. The Morgan fingerprint density at radius 2 is 2.12 bits per heavy atom. The molecule has 0 bridgehead atoms. The monoisotopic (exact) mass is 354 g/mol. The second-order valence-corrected chi connectivity index (χ2v) is 7.15. The van der Waals surface area contributed by atoms with Crippen LogP contribution in [0.25, 0.3) is 0 Å². The first-order valence-corrected chi connectivity index (χ1v) is 8.90. The Labute approximate surface area is 150 Å². The summed E-state index contributed by atoms with van der Waals surface area (Å²) < 4.78 is 5.12. The molecule has 0 saturated heterocycles. The SMILES string of the molecule is Cc1cccc(C(=O)OCC(=O)Nc2sc3c(c2C#N)CCC3)c1C. The van der Waals surface area contributed by atoms with E-state index in [1.807, 2.05) is 19.9 Å². The van der Waals surface area contributed by atoms with Gasteiger partial charge >= 0.3 is 5.97 Å². The Hall–Kier alpha value is -2.65. The molecule has 0 saturated carbocycles. The van der Waals surface area contributed by atoms with Crippen LogP contribution >= 0.6 is 11.3 Å². The molecule has 5 nitrogen and oxygen atoms in total. The van der Waals surface area contributed by atoms with Gasteiger partial charge in [0, 0.05) is 4.88 Å². The summed E-state index contributed by atoms with van der Waals surface area (Å²) in [5.74, 6) is -0.958. The standard InChI is InChI=1S/C19H18N2O3S/c1-11-5-3-6-13(12(11)2)19(23)24-10-17(22)21-18-15(9-20)14-7-4-8-16(14)25-18/h3,5-6H,4,7-8,10H2,1-2H3,(H,21,22). The van der Waals surface area contributed by atoms with Gasteiger partial charge in [-0.05, 0) is 55.9 Å². The molecule has 128 valence electrons. The summed E-state index contributed by atoms with van der Waals surface area (Å²) in [6, 6.07) is 7.55. The molecular weight excluding hydrogens is 336 g/mol. The molecule has 1 aliphatic rings. The number of hydrogen-bond donors (Lipinski definition) is 1. The molecule has 1 aromatic heterocycles. The first-order chi connectivity index (χ1) is 12.0. The first-order valence-electron chi connectivity index (χ1n) is 8.09. The first kappa shape index (κ1) is 17.2. The van der Waals surface area contributed by atoms with Gasteiger partial charge < -0.3 is 10.1 Å². The average Bonchev–Trinajstić information content (AvgIpc) is 3.15. The Balaban J connectivity index is 1.63. The zero-order valence-electron chi connectivity index (χ0n) is 14.1. The third-order valence-electron chi connectivity index (χ3n) is 4.44. The molecule has 0 atom stereocenters. The number of ether oxygens (including phenoxy) is 1. The van der Waals surface area contributed by atoms with Gasteiger partial charge in [0.15, 0.2) is 6.61 Å². The number of carbonyl (C=O) groups excluding carboxylic acids is 2. The highest BCUT2D eigenvalue weighted by molar-refractivity contribution is 7.16. The van der Waals surface area contributed by atoms with Gasteiger partial charge in [0.2, 0.25) is 0 Å². The number of nitrogens with one attached hydrogen (secondary N) is 1. The van der Waals surface area contributed by atoms with E-state index in [-0.39, 0.29) is 6.61 Å². The van der Waals surface area contributed by atoms with Gasteiger partial charge in [0.1, 0.15) is 11.1 Å². The van der Waals surface area contributed by atoms with Crippen LogP contribution in [0.3, 0.4) is 0 Å². The van der Waals surface area contributed by atoms with E-state index in [1.165, 1.54) is 16.2 Å². The number of anilines is 1. The van der Waals surface area contributed by atoms with E-state index < -0.39 is 11.9 Å². The molecule has 0 radical (unpaired) electrons. The number of amides is 1. The minimum absolute atomic E-state index is 0.375. The lowest BCUT2D eigenvalue weighted by atomic mass is 10.0. The molecule has 0 unspecified atom stereocenters. The number of thiophene rings is 1. The van der Waals surface area contributed by atoms with Crippen LogP contribution in [0, 0.1) is 25.2 Å². The summed E-state index contributed by atoms with van der Waals surface area (Å²) >= 11 is 1.44. The average molecular weight is 354 g/mol. The summed E-state index contributed by atoms with van der Waals surface area (Å²) in [4.78, 5) is 25.4. The van der Waals surface area contributed by atoms with Gasteiger partial charge in [-0.3, -0.25) is 4.79 Å². The van der Waals surface area contributed by atoms with Crippen molar-refractivity contribution in [2.75, 3.05) is 11.9 Å². The summed E-state index contributed by atoms with van der Waals surface area (Å²) in [6.45, 7) is 3.39. The molecule has 1 N–H and O–H groups in total. The minimum atomic E-state index is -0.523. The van der Waals surface area contributed by atoms with Crippen LogP contribution in [0.4, 0.5) is 5.00 Å². The fraction of sp³-hybridized carbons (Fsp3) is 0.316. The van der Waals surface area contributed by atoms with Crippen molar-refractivity contribution >= 4 is 28.2 Å². The maximum absolute atomic E-state index is 12.2. The van der Waals surface area contributed by atoms with E-state index in [0.29, 0.717) is 16.1 Å². The summed E-state index contributed by atoms with van der Waals surface area (Å²) in [5, 5.41) is 12.6. The number of benzene rings is 1. The van der Waals surface area contributed by atoms with Crippen LogP contribution in [0.5, 0.6) is 0 Å². The maximum Gasteiger partial charge on any atom is 0.338 e. The highest BCUT2D eigenvalue weighted by Crippen LogP contribution is 2.38. The summed E-state index contributed by atoms with van der Waals surface area (Å²) in [6.07, 6.45) is 2.88. The fourth-order valence-electron chi connectivity index (χ4n) is 2.95. The van der Waals surface area contributed by atoms with Crippen LogP contribution in [0.2, 0.25) is 0 Å². The largest absolute Gasteiger partial charge is 0.452 e.